The summed E-state index contributed by atoms with van der Waals surface area (Å²) in [5, 5.41) is 1.35. The lowest BCUT2D eigenvalue weighted by atomic mass is 9.66. The third-order valence-electron chi connectivity index (χ3n) is 9.69. The topological polar surface area (TPSA) is 46.7 Å². The molecule has 0 bridgehead atoms. The fraction of sp³-hybridized carbons (Fsp3) is 0.562. The number of benzene rings is 2. The summed E-state index contributed by atoms with van der Waals surface area (Å²) >= 11 is 0. The van der Waals surface area contributed by atoms with E-state index in [9.17, 15) is 0 Å². The molecule has 3 heterocycles. The van der Waals surface area contributed by atoms with Gasteiger partial charge in [0.2, 0.25) is 0 Å². The number of nitrogens with one attached hydrogen (secondary N) is 1. The molecular formula is C32H42N2O3. The minimum Gasteiger partial charge on any atom is -0.493 e. The second kappa shape index (κ2) is 10.7. The summed E-state index contributed by atoms with van der Waals surface area (Å²) in [6.45, 7) is 4.26. The predicted molar refractivity (Wildman–Crippen MR) is 149 cm³/mol. The Hall–Kier alpha value is -2.50. The maximum absolute atomic E-state index is 5.75. The van der Waals surface area contributed by atoms with Crippen LogP contribution in [0.5, 0.6) is 11.5 Å². The number of hydrogen-bond donors (Lipinski definition) is 1. The molecule has 2 fully saturated rings. The van der Waals surface area contributed by atoms with Crippen molar-refractivity contribution in [1.82, 2.24) is 9.88 Å². The summed E-state index contributed by atoms with van der Waals surface area (Å²) in [6, 6.07) is 13.6. The molecule has 3 aliphatic rings. The number of aryl methyl sites for hydroxylation is 1. The Morgan fingerprint density at radius 3 is 2.54 bits per heavy atom. The normalized spacial score (nSPS) is 22.3. The summed E-state index contributed by atoms with van der Waals surface area (Å²) in [5.41, 5.74) is 6.07. The van der Waals surface area contributed by atoms with Crippen molar-refractivity contribution in [3.8, 4) is 11.5 Å². The van der Waals surface area contributed by atoms with Gasteiger partial charge in [-0.2, -0.15) is 0 Å². The minimum absolute atomic E-state index is 0.399. The summed E-state index contributed by atoms with van der Waals surface area (Å²) < 4.78 is 17.1. The molecular weight excluding hydrogens is 460 g/mol. The van der Waals surface area contributed by atoms with Crippen molar-refractivity contribution in [2.45, 2.75) is 63.8 Å². The first-order chi connectivity index (χ1) is 18.2. The second-order valence-electron chi connectivity index (χ2n) is 11.6. The first-order valence-corrected chi connectivity index (χ1v) is 14.3. The fourth-order valence-corrected chi connectivity index (χ4v) is 7.38. The van der Waals surface area contributed by atoms with Crippen LogP contribution in [0.1, 0.15) is 67.7 Å². The molecule has 1 aliphatic carbocycles. The minimum atomic E-state index is 0.399. The van der Waals surface area contributed by atoms with E-state index in [2.05, 4.69) is 52.5 Å². The summed E-state index contributed by atoms with van der Waals surface area (Å²) in [4.78, 5) is 6.28. The van der Waals surface area contributed by atoms with Gasteiger partial charge in [0.15, 0.2) is 11.5 Å². The van der Waals surface area contributed by atoms with Gasteiger partial charge < -0.3 is 19.2 Å². The van der Waals surface area contributed by atoms with E-state index in [-0.39, 0.29) is 0 Å². The van der Waals surface area contributed by atoms with E-state index in [0.717, 1.165) is 56.4 Å². The van der Waals surface area contributed by atoms with Crippen molar-refractivity contribution in [2.24, 2.45) is 11.3 Å². The van der Waals surface area contributed by atoms with Crippen molar-refractivity contribution in [3.05, 3.63) is 59.3 Å². The van der Waals surface area contributed by atoms with E-state index < -0.39 is 0 Å². The van der Waals surface area contributed by atoms with Crippen molar-refractivity contribution in [3.63, 3.8) is 0 Å². The molecule has 0 radical (unpaired) electrons. The average molecular weight is 503 g/mol. The van der Waals surface area contributed by atoms with Crippen molar-refractivity contribution < 1.29 is 14.2 Å². The van der Waals surface area contributed by atoms with E-state index in [1.54, 1.807) is 14.2 Å². The van der Waals surface area contributed by atoms with E-state index in [1.165, 1.54) is 72.7 Å². The van der Waals surface area contributed by atoms with Gasteiger partial charge in [0.1, 0.15) is 0 Å². The van der Waals surface area contributed by atoms with Gasteiger partial charge in [0.25, 0.3) is 0 Å². The lowest BCUT2D eigenvalue weighted by Crippen LogP contribution is -2.41. The van der Waals surface area contributed by atoms with E-state index >= 15 is 0 Å². The Morgan fingerprint density at radius 1 is 1.00 bits per heavy atom. The number of para-hydroxylation sites is 1. The van der Waals surface area contributed by atoms with Crippen LogP contribution in [0.4, 0.5) is 0 Å². The van der Waals surface area contributed by atoms with Crippen LogP contribution in [0, 0.1) is 11.3 Å². The number of aromatic nitrogens is 1. The highest BCUT2D eigenvalue weighted by Crippen LogP contribution is 2.47. The van der Waals surface area contributed by atoms with Gasteiger partial charge in [0, 0.05) is 49.4 Å². The van der Waals surface area contributed by atoms with Crippen LogP contribution in [-0.4, -0.2) is 50.4 Å². The lowest BCUT2D eigenvalue weighted by molar-refractivity contribution is -0.0172. The van der Waals surface area contributed by atoms with Gasteiger partial charge in [-0.1, -0.05) is 18.2 Å². The Kier molecular flexibility index (Phi) is 7.18. The Morgan fingerprint density at radius 2 is 1.76 bits per heavy atom. The Bertz CT molecular complexity index is 1200. The highest BCUT2D eigenvalue weighted by molar-refractivity contribution is 5.83. The number of ether oxygens (including phenoxy) is 3. The largest absolute Gasteiger partial charge is 0.493 e. The smallest absolute Gasteiger partial charge is 0.161 e. The summed E-state index contributed by atoms with van der Waals surface area (Å²) in [7, 11) is 3.49. The standard InChI is InChI=1S/C32H42N2O3/c1-35-30-19-24-11-16-34(22-23-9-12-32(13-10-23)14-17-37-18-15-32)29(27(24)20-31(30)36-2)8-7-25-21-33-28-6-4-3-5-26(25)28/h3-6,19-21,23,29,33H,7-18,22H2,1-2H3. The third kappa shape index (κ3) is 5.00. The summed E-state index contributed by atoms with van der Waals surface area (Å²) in [5.74, 6) is 2.49. The molecule has 3 aromatic rings. The molecule has 1 atom stereocenters. The molecule has 1 N–H and O–H groups in total. The molecule has 6 rings (SSSR count). The van der Waals surface area contributed by atoms with E-state index in [0.29, 0.717) is 11.5 Å². The molecule has 5 heteroatoms. The van der Waals surface area contributed by atoms with Gasteiger partial charge >= 0.3 is 0 Å². The quantitative estimate of drug-likeness (QED) is 0.390. The highest BCUT2D eigenvalue weighted by atomic mass is 16.5. The first kappa shape index (κ1) is 24.8. The van der Waals surface area contributed by atoms with Gasteiger partial charge in [-0.25, -0.2) is 0 Å². The van der Waals surface area contributed by atoms with Crippen LogP contribution in [0.15, 0.2) is 42.6 Å². The monoisotopic (exact) mass is 502 g/mol. The summed E-state index contributed by atoms with van der Waals surface area (Å²) in [6.07, 6.45) is 13.5. The number of H-pyrrole nitrogens is 1. The zero-order valence-electron chi connectivity index (χ0n) is 22.6. The van der Waals surface area contributed by atoms with Crippen LogP contribution >= 0.6 is 0 Å². The molecule has 1 saturated heterocycles. The second-order valence-corrected chi connectivity index (χ2v) is 11.6. The van der Waals surface area contributed by atoms with Gasteiger partial charge in [-0.3, -0.25) is 4.90 Å². The van der Waals surface area contributed by atoms with Gasteiger partial charge in [-0.15, -0.1) is 0 Å². The number of nitrogens with zero attached hydrogens (tertiary/aromatic N) is 1. The molecule has 37 heavy (non-hydrogen) atoms. The van der Waals surface area contributed by atoms with E-state index in [1.807, 2.05) is 0 Å². The maximum atomic E-state index is 5.75. The third-order valence-corrected chi connectivity index (χ3v) is 9.69. The molecule has 198 valence electrons. The molecule has 5 nitrogen and oxygen atoms in total. The van der Waals surface area contributed by atoms with Gasteiger partial charge in [-0.05, 0) is 104 Å². The number of hydrogen-bond acceptors (Lipinski definition) is 4. The number of rotatable bonds is 7. The van der Waals surface area contributed by atoms with Gasteiger partial charge in [0.05, 0.1) is 14.2 Å². The zero-order chi connectivity index (χ0) is 25.2. The number of methoxy groups -OCH3 is 2. The van der Waals surface area contributed by atoms with Crippen LogP contribution < -0.4 is 9.47 Å². The zero-order valence-corrected chi connectivity index (χ0v) is 22.6. The highest BCUT2D eigenvalue weighted by Gasteiger charge is 2.38. The van der Waals surface area contributed by atoms with E-state index in [4.69, 9.17) is 14.2 Å². The number of fused-ring (bicyclic) bond motifs is 2. The SMILES string of the molecule is COc1cc2c(cc1OC)C(CCc1c[nH]c3ccccc13)N(CC1CCC3(CCOCC3)CC1)CC2. The van der Waals surface area contributed by atoms with Crippen molar-refractivity contribution >= 4 is 10.9 Å². The molecule has 1 saturated carbocycles. The van der Waals surface area contributed by atoms with Crippen LogP contribution in [0.25, 0.3) is 10.9 Å². The fourth-order valence-electron chi connectivity index (χ4n) is 7.38. The lowest BCUT2D eigenvalue weighted by Gasteiger charge is -2.45. The van der Waals surface area contributed by atoms with Crippen LogP contribution in [0.2, 0.25) is 0 Å². The predicted octanol–water partition coefficient (Wildman–Crippen LogP) is 6.70. The molecule has 1 spiro atoms. The molecule has 1 unspecified atom stereocenters. The van der Waals surface area contributed by atoms with Crippen LogP contribution in [-0.2, 0) is 17.6 Å². The maximum Gasteiger partial charge on any atom is 0.161 e. The average Bonchev–Trinajstić information content (AvgIpc) is 3.36. The molecule has 2 aliphatic heterocycles. The number of aromatic amines is 1. The van der Waals surface area contributed by atoms with Crippen molar-refractivity contribution in [1.29, 1.82) is 0 Å². The van der Waals surface area contributed by atoms with Crippen LogP contribution in [0.3, 0.4) is 0 Å². The first-order valence-electron chi connectivity index (χ1n) is 14.3. The molecule has 1 aromatic heterocycles. The Balaban J connectivity index is 1.23. The molecule has 0 amide bonds. The Labute approximate surface area is 221 Å². The van der Waals surface area contributed by atoms with Crippen molar-refractivity contribution in [2.75, 3.05) is 40.5 Å². The molecule has 2 aromatic carbocycles.